The van der Waals surface area contributed by atoms with E-state index in [0.29, 0.717) is 62.0 Å². The molecule has 4 heterocycles. The third-order valence-corrected chi connectivity index (χ3v) is 12.3. The average Bonchev–Trinajstić information content (AvgIpc) is 3.38. The van der Waals surface area contributed by atoms with E-state index in [1.165, 1.54) is 30.6 Å². The molecule has 5 aliphatic rings. The van der Waals surface area contributed by atoms with E-state index >= 15 is 0 Å². The van der Waals surface area contributed by atoms with Gasteiger partial charge in [-0.15, -0.1) is 11.3 Å². The molecule has 1 aromatic rings. The van der Waals surface area contributed by atoms with Crippen molar-refractivity contribution in [3.8, 4) is 0 Å². The number of nitrogens with zero attached hydrogens (tertiary/aromatic N) is 4. The van der Waals surface area contributed by atoms with Gasteiger partial charge in [0.05, 0.1) is 23.7 Å². The number of ether oxygens (including phenoxy) is 1. The molecule has 0 bridgehead atoms. The zero-order valence-corrected chi connectivity index (χ0v) is 29.2. The standard InChI is InChI=1S/C35H53N5O5S/c1-22-11-23(2)15-38(14-22)33(44)29(24(3)45-17-25-9-7-6-8-10-25)37-30(41)27-16-39(32(43)28-13-36-21-46-28)18-35(27)19-40(20-35)31(42)26-12-34(26,4)5/h13,21-27,29H,6-12,14-20H2,1-5H3,(H,37,41)/t22-,23+,24-,26-,27?,29+/m1/s1. The van der Waals surface area contributed by atoms with Gasteiger partial charge in [-0.25, -0.2) is 0 Å². The molecule has 1 spiro atoms. The summed E-state index contributed by atoms with van der Waals surface area (Å²) in [5.41, 5.74) is 1.11. The third-order valence-electron chi connectivity index (χ3n) is 11.6. The van der Waals surface area contributed by atoms with Crippen LogP contribution in [0.2, 0.25) is 0 Å². The van der Waals surface area contributed by atoms with Crippen molar-refractivity contribution in [3.05, 3.63) is 16.6 Å². The smallest absolute Gasteiger partial charge is 0.265 e. The highest BCUT2D eigenvalue weighted by atomic mass is 32.1. The maximum absolute atomic E-state index is 14.4. The average molecular weight is 656 g/mol. The summed E-state index contributed by atoms with van der Waals surface area (Å²) < 4.78 is 6.39. The molecule has 3 saturated heterocycles. The predicted molar refractivity (Wildman–Crippen MR) is 176 cm³/mol. The molecule has 1 unspecified atom stereocenters. The lowest BCUT2D eigenvalue weighted by Crippen LogP contribution is -2.65. The number of hydrogen-bond acceptors (Lipinski definition) is 7. The Hall–Kier alpha value is -2.53. The minimum atomic E-state index is -0.818. The number of piperidine rings is 1. The first kappa shape index (κ1) is 33.4. The first-order valence-corrected chi connectivity index (χ1v) is 18.4. The highest BCUT2D eigenvalue weighted by Gasteiger charge is 2.62. The molecule has 254 valence electrons. The van der Waals surface area contributed by atoms with Gasteiger partial charge in [0.2, 0.25) is 17.7 Å². The van der Waals surface area contributed by atoms with Crippen LogP contribution in [-0.2, 0) is 19.1 Å². The molecule has 11 heteroatoms. The highest BCUT2D eigenvalue weighted by molar-refractivity contribution is 7.11. The largest absolute Gasteiger partial charge is 0.376 e. The van der Waals surface area contributed by atoms with Gasteiger partial charge in [-0.1, -0.05) is 47.0 Å². The summed E-state index contributed by atoms with van der Waals surface area (Å²) in [6, 6.07) is -0.818. The molecule has 0 radical (unpaired) electrons. The van der Waals surface area contributed by atoms with E-state index in [1.54, 1.807) is 16.6 Å². The van der Waals surface area contributed by atoms with Gasteiger partial charge in [-0.3, -0.25) is 24.2 Å². The van der Waals surface area contributed by atoms with Gasteiger partial charge in [0.25, 0.3) is 5.91 Å². The van der Waals surface area contributed by atoms with Crippen molar-refractivity contribution in [2.75, 3.05) is 45.9 Å². The van der Waals surface area contributed by atoms with Crippen molar-refractivity contribution in [2.24, 2.45) is 40.4 Å². The van der Waals surface area contributed by atoms with Crippen molar-refractivity contribution in [3.63, 3.8) is 0 Å². The van der Waals surface area contributed by atoms with Crippen LogP contribution < -0.4 is 5.32 Å². The Morgan fingerprint density at radius 1 is 0.978 bits per heavy atom. The number of hydrogen-bond donors (Lipinski definition) is 1. The van der Waals surface area contributed by atoms with Gasteiger partial charge in [-0.2, -0.15) is 0 Å². The Kier molecular flexibility index (Phi) is 9.56. The molecule has 1 aromatic heterocycles. The summed E-state index contributed by atoms with van der Waals surface area (Å²) in [5.74, 6) is 0.428. The third kappa shape index (κ3) is 6.86. The fraction of sp³-hybridized carbons (Fsp3) is 0.800. The summed E-state index contributed by atoms with van der Waals surface area (Å²) >= 11 is 1.29. The summed E-state index contributed by atoms with van der Waals surface area (Å²) in [6.07, 6.45) is 9.01. The lowest BCUT2D eigenvalue weighted by Gasteiger charge is -2.50. The van der Waals surface area contributed by atoms with Crippen molar-refractivity contribution >= 4 is 35.0 Å². The van der Waals surface area contributed by atoms with E-state index in [9.17, 15) is 19.2 Å². The number of thiazole rings is 1. The van der Waals surface area contributed by atoms with Crippen molar-refractivity contribution in [1.29, 1.82) is 0 Å². The highest BCUT2D eigenvalue weighted by Crippen LogP contribution is 2.54. The molecule has 6 atom stereocenters. The lowest BCUT2D eigenvalue weighted by molar-refractivity contribution is -0.153. The summed E-state index contributed by atoms with van der Waals surface area (Å²) in [6.45, 7) is 13.9. The minimum Gasteiger partial charge on any atom is -0.376 e. The van der Waals surface area contributed by atoms with Crippen LogP contribution >= 0.6 is 11.3 Å². The molecule has 2 aliphatic carbocycles. The Morgan fingerprint density at radius 3 is 2.24 bits per heavy atom. The predicted octanol–water partition coefficient (Wildman–Crippen LogP) is 4.06. The molecule has 0 aromatic carbocycles. The van der Waals surface area contributed by atoms with E-state index in [4.69, 9.17) is 4.74 Å². The van der Waals surface area contributed by atoms with Crippen LogP contribution in [0.4, 0.5) is 0 Å². The monoisotopic (exact) mass is 655 g/mol. The SMILES string of the molecule is C[C@@H]1C[C@H](C)CN(C(=O)[C@@H](NC(=O)C2CN(C(=O)c3cncs3)CC23CN(C(=O)[C@H]2CC2(C)C)C3)[C@@H](C)OCC2CCCCC2)C1. The van der Waals surface area contributed by atoms with E-state index < -0.39 is 23.5 Å². The van der Waals surface area contributed by atoms with Crippen molar-refractivity contribution < 1.29 is 23.9 Å². The normalized spacial score (nSPS) is 30.1. The van der Waals surface area contributed by atoms with E-state index in [-0.39, 0.29) is 41.5 Å². The summed E-state index contributed by atoms with van der Waals surface area (Å²) in [5, 5.41) is 3.18. The van der Waals surface area contributed by atoms with Crippen LogP contribution in [0.25, 0.3) is 0 Å². The number of amides is 4. The van der Waals surface area contributed by atoms with Crippen LogP contribution in [0.5, 0.6) is 0 Å². The van der Waals surface area contributed by atoms with Crippen LogP contribution in [0.3, 0.4) is 0 Å². The molecule has 5 fully saturated rings. The molecule has 3 aliphatic heterocycles. The number of nitrogens with one attached hydrogen (secondary N) is 1. The van der Waals surface area contributed by atoms with E-state index in [1.807, 2.05) is 16.7 Å². The van der Waals surface area contributed by atoms with Crippen LogP contribution in [-0.4, -0.2) is 101 Å². The molecular weight excluding hydrogens is 602 g/mol. The maximum atomic E-state index is 14.4. The van der Waals surface area contributed by atoms with Crippen LogP contribution in [0.15, 0.2) is 11.7 Å². The molecule has 46 heavy (non-hydrogen) atoms. The second-order valence-electron chi connectivity index (χ2n) is 16.1. The molecule has 10 nitrogen and oxygen atoms in total. The topological polar surface area (TPSA) is 112 Å². The quantitative estimate of drug-likeness (QED) is 0.430. The van der Waals surface area contributed by atoms with Gasteiger partial charge in [0.15, 0.2) is 0 Å². The number of carbonyl (C=O) groups is 4. The van der Waals surface area contributed by atoms with Crippen molar-refractivity contribution in [2.45, 2.75) is 91.7 Å². The van der Waals surface area contributed by atoms with Gasteiger partial charge in [-0.05, 0) is 55.8 Å². The fourth-order valence-electron chi connectivity index (χ4n) is 8.67. The van der Waals surface area contributed by atoms with Gasteiger partial charge in [0.1, 0.15) is 10.9 Å². The Bertz CT molecular complexity index is 1280. The molecule has 1 N–H and O–H groups in total. The fourth-order valence-corrected chi connectivity index (χ4v) is 9.26. The summed E-state index contributed by atoms with van der Waals surface area (Å²) in [4.78, 5) is 65.5. The maximum Gasteiger partial charge on any atom is 0.265 e. The summed E-state index contributed by atoms with van der Waals surface area (Å²) in [7, 11) is 0. The zero-order valence-electron chi connectivity index (χ0n) is 28.3. The van der Waals surface area contributed by atoms with Gasteiger partial charge >= 0.3 is 0 Å². The number of carbonyl (C=O) groups excluding carboxylic acids is 4. The molecule has 6 rings (SSSR count). The van der Waals surface area contributed by atoms with Crippen LogP contribution in [0, 0.1) is 40.4 Å². The van der Waals surface area contributed by atoms with Gasteiger partial charge in [0, 0.05) is 57.2 Å². The first-order valence-electron chi connectivity index (χ1n) is 17.5. The van der Waals surface area contributed by atoms with E-state index in [2.05, 4.69) is 38.0 Å². The second-order valence-corrected chi connectivity index (χ2v) is 17.0. The van der Waals surface area contributed by atoms with Crippen molar-refractivity contribution in [1.82, 2.24) is 25.0 Å². The number of rotatable bonds is 9. The molecular formula is C35H53N5O5S. The lowest BCUT2D eigenvalue weighted by atomic mass is 9.70. The Morgan fingerprint density at radius 2 is 1.63 bits per heavy atom. The zero-order chi connectivity index (χ0) is 32.8. The number of aromatic nitrogens is 1. The van der Waals surface area contributed by atoms with Gasteiger partial charge < -0.3 is 24.8 Å². The minimum absolute atomic E-state index is 0.0191. The molecule has 4 amide bonds. The Balaban J connectivity index is 1.20. The first-order chi connectivity index (χ1) is 21.9. The second kappa shape index (κ2) is 13.2. The van der Waals surface area contributed by atoms with Crippen LogP contribution in [0.1, 0.15) is 89.2 Å². The molecule has 2 saturated carbocycles. The Labute approximate surface area is 278 Å². The number of likely N-dealkylation sites (tertiary alicyclic amines) is 3. The van der Waals surface area contributed by atoms with E-state index in [0.717, 1.165) is 25.7 Å².